The normalized spacial score (nSPS) is 13.1. The molecular formula is C21H31N3O6. The summed E-state index contributed by atoms with van der Waals surface area (Å²) in [6.45, 7) is 8.15. The number of rotatable bonds is 9. The third kappa shape index (κ3) is 9.40. The number of carbonyl (C=O) groups is 4. The van der Waals surface area contributed by atoms with Gasteiger partial charge in [-0.2, -0.15) is 0 Å². The summed E-state index contributed by atoms with van der Waals surface area (Å²) in [6, 6.07) is 6.81. The fourth-order valence-electron chi connectivity index (χ4n) is 2.54. The third-order valence-corrected chi connectivity index (χ3v) is 3.96. The topological polar surface area (TPSA) is 134 Å². The molecule has 0 aliphatic heterocycles. The van der Waals surface area contributed by atoms with Crippen molar-refractivity contribution in [3.05, 3.63) is 35.9 Å². The molecule has 3 amide bonds. The fraction of sp³-hybridized carbons (Fsp3) is 0.524. The standard InChI is InChI=1S/C21H31N3O6/c1-13(2)17(24-16(25)12-22-20(29)30-21(3,4)5)18(26)23-15(19(27)28)11-14-9-7-6-8-10-14/h6-10,13,15,17H,11-12H2,1-5H3,(H,22,29)(H,23,26)(H,24,25)(H,27,28)/t15-,17+/m0/s1. The summed E-state index contributed by atoms with van der Waals surface area (Å²) in [5.74, 6) is -2.68. The lowest BCUT2D eigenvalue weighted by molar-refractivity contribution is -0.142. The van der Waals surface area contributed by atoms with Gasteiger partial charge in [-0.1, -0.05) is 44.2 Å². The molecule has 0 aliphatic rings. The Hall–Kier alpha value is -3.10. The maximum atomic E-state index is 12.6. The number of hydrogen-bond acceptors (Lipinski definition) is 5. The van der Waals surface area contributed by atoms with Crippen LogP contribution in [0.2, 0.25) is 0 Å². The lowest BCUT2D eigenvalue weighted by Gasteiger charge is -2.24. The minimum atomic E-state index is -1.17. The molecule has 0 saturated carbocycles. The van der Waals surface area contributed by atoms with Gasteiger partial charge in [0.05, 0.1) is 0 Å². The largest absolute Gasteiger partial charge is 0.480 e. The van der Waals surface area contributed by atoms with Gasteiger partial charge in [0, 0.05) is 6.42 Å². The van der Waals surface area contributed by atoms with Crippen molar-refractivity contribution in [2.24, 2.45) is 5.92 Å². The number of ether oxygens (including phenoxy) is 1. The maximum Gasteiger partial charge on any atom is 0.408 e. The van der Waals surface area contributed by atoms with Crippen LogP contribution in [0.1, 0.15) is 40.2 Å². The first kappa shape index (κ1) is 24.9. The molecule has 2 atom stereocenters. The molecule has 0 saturated heterocycles. The van der Waals surface area contributed by atoms with E-state index in [1.165, 1.54) is 0 Å². The maximum absolute atomic E-state index is 12.6. The van der Waals surface area contributed by atoms with Gasteiger partial charge in [0.2, 0.25) is 11.8 Å². The SMILES string of the molecule is CC(C)[C@@H](NC(=O)CNC(=O)OC(C)(C)C)C(=O)N[C@@H](Cc1ccccc1)C(=O)O. The first-order valence-electron chi connectivity index (χ1n) is 9.72. The van der Waals surface area contributed by atoms with Crippen LogP contribution in [0.15, 0.2) is 30.3 Å². The molecule has 0 radical (unpaired) electrons. The molecule has 0 unspecified atom stereocenters. The zero-order chi connectivity index (χ0) is 22.9. The Morgan fingerprint density at radius 1 is 1.03 bits per heavy atom. The van der Waals surface area contributed by atoms with E-state index in [1.807, 2.05) is 6.07 Å². The molecule has 9 heteroatoms. The summed E-state index contributed by atoms with van der Waals surface area (Å²) in [4.78, 5) is 48.1. The molecule has 1 aromatic rings. The summed E-state index contributed by atoms with van der Waals surface area (Å²) in [5, 5.41) is 16.8. The second-order valence-corrected chi connectivity index (χ2v) is 8.23. The van der Waals surface area contributed by atoms with E-state index in [0.29, 0.717) is 0 Å². The number of carboxylic acid groups (broad SMARTS) is 1. The van der Waals surface area contributed by atoms with E-state index in [1.54, 1.807) is 58.9 Å². The monoisotopic (exact) mass is 421 g/mol. The molecule has 0 fully saturated rings. The van der Waals surface area contributed by atoms with Crippen molar-refractivity contribution in [1.82, 2.24) is 16.0 Å². The van der Waals surface area contributed by atoms with Gasteiger partial charge in [0.1, 0.15) is 24.2 Å². The van der Waals surface area contributed by atoms with E-state index >= 15 is 0 Å². The molecule has 1 aromatic carbocycles. The van der Waals surface area contributed by atoms with Crippen molar-refractivity contribution in [2.45, 2.75) is 58.7 Å². The van der Waals surface area contributed by atoms with E-state index in [-0.39, 0.29) is 18.9 Å². The van der Waals surface area contributed by atoms with Gasteiger partial charge in [0.15, 0.2) is 0 Å². The van der Waals surface area contributed by atoms with Crippen LogP contribution in [0.3, 0.4) is 0 Å². The first-order chi connectivity index (χ1) is 13.9. The number of benzene rings is 1. The second-order valence-electron chi connectivity index (χ2n) is 8.23. The highest BCUT2D eigenvalue weighted by atomic mass is 16.6. The number of nitrogens with one attached hydrogen (secondary N) is 3. The van der Waals surface area contributed by atoms with E-state index in [4.69, 9.17) is 4.74 Å². The molecule has 0 bridgehead atoms. The average Bonchev–Trinajstić information content (AvgIpc) is 2.63. The van der Waals surface area contributed by atoms with Crippen molar-refractivity contribution < 1.29 is 29.0 Å². The predicted octanol–water partition coefficient (Wildman–Crippen LogP) is 1.46. The Morgan fingerprint density at radius 3 is 2.13 bits per heavy atom. The molecule has 166 valence electrons. The van der Waals surface area contributed by atoms with Gasteiger partial charge < -0.3 is 25.8 Å². The number of carboxylic acids is 1. The summed E-state index contributed by atoms with van der Waals surface area (Å²) >= 11 is 0. The molecule has 30 heavy (non-hydrogen) atoms. The second kappa shape index (κ2) is 11.2. The third-order valence-electron chi connectivity index (χ3n) is 3.96. The number of hydrogen-bond donors (Lipinski definition) is 4. The minimum absolute atomic E-state index is 0.112. The first-order valence-corrected chi connectivity index (χ1v) is 9.72. The lowest BCUT2D eigenvalue weighted by Crippen LogP contribution is -2.55. The highest BCUT2D eigenvalue weighted by Crippen LogP contribution is 2.08. The molecule has 9 nitrogen and oxygen atoms in total. The van der Waals surface area contributed by atoms with E-state index in [0.717, 1.165) is 5.56 Å². The Morgan fingerprint density at radius 2 is 1.63 bits per heavy atom. The Balaban J connectivity index is 2.69. The van der Waals surface area contributed by atoms with Crippen LogP contribution >= 0.6 is 0 Å². The van der Waals surface area contributed by atoms with Crippen molar-refractivity contribution >= 4 is 23.9 Å². The van der Waals surface area contributed by atoms with Crippen LogP contribution in [0, 0.1) is 5.92 Å². The molecule has 0 heterocycles. The smallest absolute Gasteiger partial charge is 0.408 e. The molecular weight excluding hydrogens is 390 g/mol. The van der Waals surface area contributed by atoms with Crippen LogP contribution in [0.5, 0.6) is 0 Å². The summed E-state index contributed by atoms with van der Waals surface area (Å²) in [5.41, 5.74) is 0.0581. The zero-order valence-corrected chi connectivity index (χ0v) is 18.0. The van der Waals surface area contributed by atoms with Crippen molar-refractivity contribution in [1.29, 1.82) is 0 Å². The molecule has 0 spiro atoms. The summed E-state index contributed by atoms with van der Waals surface area (Å²) in [7, 11) is 0. The van der Waals surface area contributed by atoms with E-state index in [2.05, 4.69) is 16.0 Å². The molecule has 0 aliphatic carbocycles. The molecule has 0 aromatic heterocycles. The minimum Gasteiger partial charge on any atom is -0.480 e. The quantitative estimate of drug-likeness (QED) is 0.477. The van der Waals surface area contributed by atoms with Crippen LogP contribution in [-0.2, 0) is 25.5 Å². The number of alkyl carbamates (subject to hydrolysis) is 1. The van der Waals surface area contributed by atoms with Crippen molar-refractivity contribution in [2.75, 3.05) is 6.54 Å². The van der Waals surface area contributed by atoms with Gasteiger partial charge >= 0.3 is 12.1 Å². The summed E-state index contributed by atoms with van der Waals surface area (Å²) in [6.07, 6.45) is -0.641. The lowest BCUT2D eigenvalue weighted by atomic mass is 10.0. The Kier molecular flexibility index (Phi) is 9.29. The van der Waals surface area contributed by atoms with Crippen LogP contribution in [-0.4, -0.2) is 53.2 Å². The Bertz CT molecular complexity index is 743. The zero-order valence-electron chi connectivity index (χ0n) is 18.0. The van der Waals surface area contributed by atoms with E-state index in [9.17, 15) is 24.3 Å². The average molecular weight is 421 g/mol. The van der Waals surface area contributed by atoms with Crippen LogP contribution < -0.4 is 16.0 Å². The Labute approximate surface area is 176 Å². The summed E-state index contributed by atoms with van der Waals surface area (Å²) < 4.78 is 5.05. The van der Waals surface area contributed by atoms with E-state index < -0.39 is 41.6 Å². The molecule has 4 N–H and O–H groups in total. The van der Waals surface area contributed by atoms with Crippen LogP contribution in [0.4, 0.5) is 4.79 Å². The van der Waals surface area contributed by atoms with Crippen LogP contribution in [0.25, 0.3) is 0 Å². The number of aliphatic carboxylic acids is 1. The van der Waals surface area contributed by atoms with Gasteiger partial charge in [-0.15, -0.1) is 0 Å². The number of amides is 3. The van der Waals surface area contributed by atoms with Crippen molar-refractivity contribution in [3.63, 3.8) is 0 Å². The van der Waals surface area contributed by atoms with Gasteiger partial charge in [0.25, 0.3) is 0 Å². The predicted molar refractivity (Wildman–Crippen MR) is 111 cm³/mol. The van der Waals surface area contributed by atoms with Crippen molar-refractivity contribution in [3.8, 4) is 0 Å². The highest BCUT2D eigenvalue weighted by molar-refractivity contribution is 5.91. The molecule has 1 rings (SSSR count). The van der Waals surface area contributed by atoms with Gasteiger partial charge in [-0.3, -0.25) is 9.59 Å². The number of carbonyl (C=O) groups excluding carboxylic acids is 3. The van der Waals surface area contributed by atoms with Gasteiger partial charge in [-0.25, -0.2) is 9.59 Å². The fourth-order valence-corrected chi connectivity index (χ4v) is 2.54. The highest BCUT2D eigenvalue weighted by Gasteiger charge is 2.29. The van der Waals surface area contributed by atoms with Gasteiger partial charge in [-0.05, 0) is 32.3 Å².